The van der Waals surface area contributed by atoms with Gasteiger partial charge in [0.05, 0.1) is 6.07 Å². The minimum absolute atomic E-state index is 0.0445. The van der Waals surface area contributed by atoms with Crippen LogP contribution in [-0.2, 0) is 5.72 Å². The van der Waals surface area contributed by atoms with Crippen LogP contribution in [0.2, 0.25) is 0 Å². The molecule has 1 aromatic carbocycles. The van der Waals surface area contributed by atoms with Crippen molar-refractivity contribution in [2.75, 3.05) is 0 Å². The first-order valence-corrected chi connectivity index (χ1v) is 5.72. The molecule has 0 radical (unpaired) electrons. The summed E-state index contributed by atoms with van der Waals surface area (Å²) in [5.41, 5.74) is -0.409. The van der Waals surface area contributed by atoms with Gasteiger partial charge >= 0.3 is 0 Å². The Morgan fingerprint density at radius 2 is 2.00 bits per heavy atom. The molecule has 0 spiro atoms. The molecule has 2 N–H and O–H groups in total. The number of aliphatic hydroxyl groups is 1. The number of nitrogens with one attached hydrogen (secondary N) is 1. The van der Waals surface area contributed by atoms with Crippen LogP contribution in [0.1, 0.15) is 12.5 Å². The molecule has 2 rings (SSSR count). The molecule has 1 aliphatic rings. The van der Waals surface area contributed by atoms with Gasteiger partial charge in [0.1, 0.15) is 11.8 Å². The first kappa shape index (κ1) is 13.0. The van der Waals surface area contributed by atoms with Gasteiger partial charge in [0.2, 0.25) is 0 Å². The number of allylic oxidation sites excluding steroid dienone is 1. The maximum atomic E-state index is 10.7. The quantitative estimate of drug-likeness (QED) is 0.785. The zero-order chi connectivity index (χ0) is 13.9. The molecule has 1 aromatic rings. The van der Waals surface area contributed by atoms with Crippen LogP contribution in [0.5, 0.6) is 0 Å². The Labute approximate surface area is 111 Å². The summed E-state index contributed by atoms with van der Waals surface area (Å²) in [4.78, 5) is 4.04. The molecule has 0 aliphatic carbocycles. The Morgan fingerprint density at radius 3 is 2.58 bits per heavy atom. The fourth-order valence-corrected chi connectivity index (χ4v) is 1.96. The summed E-state index contributed by atoms with van der Waals surface area (Å²) in [7, 11) is 0. The molecule has 1 heterocycles. The summed E-state index contributed by atoms with van der Waals surface area (Å²) in [6.07, 6.45) is 1.50. The van der Waals surface area contributed by atoms with Crippen molar-refractivity contribution in [1.82, 2.24) is 5.32 Å². The first-order valence-electron chi connectivity index (χ1n) is 5.72. The van der Waals surface area contributed by atoms with E-state index in [1.165, 1.54) is 6.08 Å². The summed E-state index contributed by atoms with van der Waals surface area (Å²) in [6.45, 7) is 1.67. The number of benzene rings is 1. The molecule has 0 saturated carbocycles. The number of hydrogen-bond acceptors (Lipinski definition) is 5. The summed E-state index contributed by atoms with van der Waals surface area (Å²) in [6, 6.07) is 11.7. The summed E-state index contributed by atoms with van der Waals surface area (Å²) < 4.78 is 0. The van der Waals surface area contributed by atoms with Gasteiger partial charge in [0.25, 0.3) is 0 Å². The molecule has 1 aliphatic heterocycles. The van der Waals surface area contributed by atoms with Crippen molar-refractivity contribution in [2.45, 2.75) is 18.7 Å². The highest BCUT2D eigenvalue weighted by atomic mass is 16.3. The third-order valence-electron chi connectivity index (χ3n) is 2.81. The van der Waals surface area contributed by atoms with Gasteiger partial charge in [-0.05, 0) is 13.0 Å². The van der Waals surface area contributed by atoms with Crippen LogP contribution < -0.4 is 5.32 Å². The third kappa shape index (κ3) is 2.53. The van der Waals surface area contributed by atoms with Crippen molar-refractivity contribution in [1.29, 1.82) is 10.5 Å². The Kier molecular flexibility index (Phi) is 3.43. The van der Waals surface area contributed by atoms with Crippen molar-refractivity contribution < 1.29 is 5.11 Å². The normalized spacial score (nSPS) is 26.4. The van der Waals surface area contributed by atoms with Gasteiger partial charge in [-0.3, -0.25) is 5.32 Å². The largest absolute Gasteiger partial charge is 0.368 e. The van der Waals surface area contributed by atoms with Gasteiger partial charge in [-0.15, -0.1) is 0 Å². The van der Waals surface area contributed by atoms with E-state index < -0.39 is 11.8 Å². The third-order valence-corrected chi connectivity index (χ3v) is 2.81. The van der Waals surface area contributed by atoms with Crippen molar-refractivity contribution in [3.63, 3.8) is 0 Å². The maximum Gasteiger partial charge on any atom is 0.164 e. The lowest BCUT2D eigenvalue weighted by atomic mass is 10.0. The fraction of sp³-hybridized carbons (Fsp3) is 0.214. The van der Waals surface area contributed by atoms with Gasteiger partial charge in [-0.2, -0.15) is 10.5 Å². The number of nitriles is 2. The molecule has 5 nitrogen and oxygen atoms in total. The lowest BCUT2D eigenvalue weighted by Gasteiger charge is -2.27. The van der Waals surface area contributed by atoms with E-state index in [1.54, 1.807) is 31.2 Å². The minimum Gasteiger partial charge on any atom is -0.368 e. The van der Waals surface area contributed by atoms with Crippen LogP contribution in [-0.4, -0.2) is 16.9 Å². The number of aliphatic imine (C=N–C) groups is 1. The Morgan fingerprint density at radius 1 is 1.32 bits per heavy atom. The van der Waals surface area contributed by atoms with Crippen molar-refractivity contribution in [3.8, 4) is 12.1 Å². The Hall–Kier alpha value is -2.47. The Balaban J connectivity index is 2.49. The molecule has 5 heteroatoms. The monoisotopic (exact) mass is 252 g/mol. The molecule has 0 fully saturated rings. The smallest absolute Gasteiger partial charge is 0.164 e. The van der Waals surface area contributed by atoms with E-state index in [-0.39, 0.29) is 5.71 Å². The molecule has 0 saturated heterocycles. The average molecular weight is 252 g/mol. The van der Waals surface area contributed by atoms with Crippen LogP contribution >= 0.6 is 0 Å². The second kappa shape index (κ2) is 5.03. The Bertz CT molecular complexity index is 621. The molecule has 0 bridgehead atoms. The second-order valence-electron chi connectivity index (χ2n) is 4.23. The van der Waals surface area contributed by atoms with E-state index in [9.17, 15) is 5.11 Å². The van der Waals surface area contributed by atoms with Crippen LogP contribution in [0.25, 0.3) is 0 Å². The number of nitrogens with zero attached hydrogens (tertiary/aromatic N) is 3. The van der Waals surface area contributed by atoms with Crippen molar-refractivity contribution in [2.24, 2.45) is 4.99 Å². The zero-order valence-electron chi connectivity index (χ0n) is 10.3. The average Bonchev–Trinajstić information content (AvgIpc) is 2.56. The fourth-order valence-electron chi connectivity index (χ4n) is 1.96. The first-order chi connectivity index (χ1) is 9.09. The van der Waals surface area contributed by atoms with E-state index in [4.69, 9.17) is 10.5 Å². The number of hydrogen-bond donors (Lipinski definition) is 2. The minimum atomic E-state index is -1.52. The molecule has 2 unspecified atom stereocenters. The van der Waals surface area contributed by atoms with Crippen LogP contribution in [0.15, 0.2) is 47.1 Å². The highest BCUT2D eigenvalue weighted by Gasteiger charge is 2.34. The lowest BCUT2D eigenvalue weighted by Crippen LogP contribution is -2.48. The van der Waals surface area contributed by atoms with Crippen molar-refractivity contribution >= 4 is 5.71 Å². The van der Waals surface area contributed by atoms with E-state index in [0.29, 0.717) is 11.3 Å². The van der Waals surface area contributed by atoms with Crippen LogP contribution in [0, 0.1) is 22.7 Å². The van der Waals surface area contributed by atoms with Gasteiger partial charge in [-0.25, -0.2) is 4.99 Å². The maximum absolute atomic E-state index is 10.7. The van der Waals surface area contributed by atoms with Crippen LogP contribution in [0.4, 0.5) is 0 Å². The van der Waals surface area contributed by atoms with Gasteiger partial charge < -0.3 is 5.11 Å². The van der Waals surface area contributed by atoms with E-state index in [1.807, 2.05) is 18.2 Å². The van der Waals surface area contributed by atoms with E-state index in [2.05, 4.69) is 10.3 Å². The molecule has 2 atom stereocenters. The summed E-state index contributed by atoms with van der Waals surface area (Å²) in [5, 5.41) is 31.5. The van der Waals surface area contributed by atoms with Gasteiger partial charge in [0, 0.05) is 11.3 Å². The predicted octanol–water partition coefficient (Wildman–Crippen LogP) is 1.20. The van der Waals surface area contributed by atoms with Crippen molar-refractivity contribution in [3.05, 3.63) is 47.7 Å². The SMILES string of the molecule is CC1=CC(O)(c2ccccc2)NC(C#N)C(C#N)=N1. The van der Waals surface area contributed by atoms with E-state index >= 15 is 0 Å². The summed E-state index contributed by atoms with van der Waals surface area (Å²) in [5.74, 6) is 0. The molecule has 0 aromatic heterocycles. The zero-order valence-corrected chi connectivity index (χ0v) is 10.3. The lowest BCUT2D eigenvalue weighted by molar-refractivity contribution is 0.0510. The van der Waals surface area contributed by atoms with Gasteiger partial charge in [0.15, 0.2) is 11.8 Å². The van der Waals surface area contributed by atoms with Crippen LogP contribution in [0.3, 0.4) is 0 Å². The molecular formula is C14H12N4O. The highest BCUT2D eigenvalue weighted by molar-refractivity contribution is 6.05. The number of rotatable bonds is 1. The molecule has 94 valence electrons. The molecule has 19 heavy (non-hydrogen) atoms. The summed E-state index contributed by atoms with van der Waals surface area (Å²) >= 11 is 0. The molecule has 0 amide bonds. The highest BCUT2D eigenvalue weighted by Crippen LogP contribution is 2.24. The second-order valence-corrected chi connectivity index (χ2v) is 4.23. The standard InChI is InChI=1S/C14H12N4O/c1-10-7-14(19,11-5-3-2-4-6-11)18-13(9-16)12(8-15)17-10/h2-7,13,18-19H,1H3. The predicted molar refractivity (Wildman–Crippen MR) is 69.7 cm³/mol. The topological polar surface area (TPSA) is 92.2 Å². The molecular weight excluding hydrogens is 240 g/mol. The van der Waals surface area contributed by atoms with E-state index in [0.717, 1.165) is 0 Å². The van der Waals surface area contributed by atoms with Gasteiger partial charge in [-0.1, -0.05) is 30.3 Å².